The normalized spacial score (nSPS) is 17.0. The second-order valence-corrected chi connectivity index (χ2v) is 9.25. The molecule has 0 bridgehead atoms. The average molecular weight is 513 g/mol. The van der Waals surface area contributed by atoms with Crippen molar-refractivity contribution in [2.45, 2.75) is 25.9 Å². The largest absolute Gasteiger partial charge is 0.497 e. The number of carbonyl (C=O) groups excluding carboxylic acids is 1. The number of aryl methyl sites for hydroxylation is 1. The number of rotatable bonds is 6. The van der Waals surface area contributed by atoms with Crippen molar-refractivity contribution in [3.8, 4) is 11.4 Å². The number of hydrogen-bond acceptors (Lipinski definition) is 5. The third kappa shape index (κ3) is 4.34. The quantitative estimate of drug-likeness (QED) is 0.272. The second-order valence-electron chi connectivity index (χ2n) is 8.87. The predicted octanol–water partition coefficient (Wildman–Crippen LogP) is 5.46. The topological polar surface area (TPSA) is 68.6 Å². The standard InChI is InChI=1S/C29H28N4O3S/c1-18-17-23(19(2)32(18)25-11-6-5-9-22(25)28(34)36-4)27-26(24-10-7-8-16-30-24)31-29(37)33(27)20-12-14-21(35-3)15-13-20/h5-17,26-27H,1-4H3,(H,31,37)/t26-,27+/m1/s1. The van der Waals surface area contributed by atoms with Gasteiger partial charge in [0.25, 0.3) is 0 Å². The number of ether oxygens (including phenoxy) is 2. The van der Waals surface area contributed by atoms with Crippen molar-refractivity contribution in [1.82, 2.24) is 14.9 Å². The van der Waals surface area contributed by atoms with Gasteiger partial charge in [-0.2, -0.15) is 0 Å². The van der Waals surface area contributed by atoms with E-state index in [-0.39, 0.29) is 18.1 Å². The van der Waals surface area contributed by atoms with Crippen molar-refractivity contribution >= 4 is 29.0 Å². The Hall–Kier alpha value is -4.17. The van der Waals surface area contributed by atoms with Gasteiger partial charge in [0.1, 0.15) is 5.75 Å². The summed E-state index contributed by atoms with van der Waals surface area (Å²) in [6, 6.07) is 23.1. The molecular formula is C29H28N4O3S. The number of aromatic nitrogens is 2. The summed E-state index contributed by atoms with van der Waals surface area (Å²) in [5, 5.41) is 4.13. The molecule has 2 atom stereocenters. The molecule has 37 heavy (non-hydrogen) atoms. The number of esters is 1. The van der Waals surface area contributed by atoms with Gasteiger partial charge in [-0.15, -0.1) is 0 Å². The highest BCUT2D eigenvalue weighted by molar-refractivity contribution is 7.80. The van der Waals surface area contributed by atoms with Crippen LogP contribution < -0.4 is 15.0 Å². The van der Waals surface area contributed by atoms with Gasteiger partial charge in [0.05, 0.1) is 43.2 Å². The van der Waals surface area contributed by atoms with Crippen LogP contribution in [-0.4, -0.2) is 34.9 Å². The summed E-state index contributed by atoms with van der Waals surface area (Å²) in [5.74, 6) is 0.400. The zero-order valence-corrected chi connectivity index (χ0v) is 22.0. The Morgan fingerprint density at radius 3 is 2.41 bits per heavy atom. The summed E-state index contributed by atoms with van der Waals surface area (Å²) >= 11 is 5.87. The maximum Gasteiger partial charge on any atom is 0.339 e. The van der Waals surface area contributed by atoms with E-state index >= 15 is 0 Å². The summed E-state index contributed by atoms with van der Waals surface area (Å²) in [6.07, 6.45) is 1.79. The van der Waals surface area contributed by atoms with Crippen LogP contribution in [-0.2, 0) is 4.74 Å². The Kier molecular flexibility index (Phi) is 6.67. The Balaban J connectivity index is 1.68. The molecule has 2 aromatic heterocycles. The maximum absolute atomic E-state index is 12.6. The minimum atomic E-state index is -0.375. The summed E-state index contributed by atoms with van der Waals surface area (Å²) in [7, 11) is 3.05. The third-order valence-electron chi connectivity index (χ3n) is 6.79. The molecule has 8 heteroatoms. The molecule has 2 aromatic carbocycles. The lowest BCUT2D eigenvalue weighted by Crippen LogP contribution is -2.29. The SMILES string of the molecule is COC(=O)c1ccccc1-n1c(C)cc([C@H]2[C@@H](c3ccccn3)NC(=S)N2c2ccc(OC)cc2)c1C. The molecule has 0 saturated carbocycles. The highest BCUT2D eigenvalue weighted by Gasteiger charge is 2.42. The van der Waals surface area contributed by atoms with Crippen molar-refractivity contribution in [3.63, 3.8) is 0 Å². The van der Waals surface area contributed by atoms with Crippen LogP contribution >= 0.6 is 12.2 Å². The number of hydrogen-bond donors (Lipinski definition) is 1. The molecule has 0 aliphatic carbocycles. The molecule has 0 radical (unpaired) electrons. The van der Waals surface area contributed by atoms with Crippen LogP contribution in [0, 0.1) is 13.8 Å². The van der Waals surface area contributed by atoms with E-state index in [2.05, 4.69) is 32.8 Å². The molecule has 1 N–H and O–H groups in total. The monoisotopic (exact) mass is 512 g/mol. The molecule has 0 unspecified atom stereocenters. The van der Waals surface area contributed by atoms with Crippen LogP contribution in [0.2, 0.25) is 0 Å². The van der Waals surface area contributed by atoms with Crippen LogP contribution in [0.1, 0.15) is 45.1 Å². The van der Waals surface area contributed by atoms with Crippen LogP contribution in [0.4, 0.5) is 5.69 Å². The van der Waals surface area contributed by atoms with Gasteiger partial charge in [0.2, 0.25) is 0 Å². The minimum absolute atomic E-state index is 0.180. The Morgan fingerprint density at radius 2 is 1.73 bits per heavy atom. The number of thiocarbonyl (C=S) groups is 1. The molecule has 1 aliphatic heterocycles. The number of benzene rings is 2. The number of carbonyl (C=O) groups is 1. The molecule has 188 valence electrons. The van der Waals surface area contributed by atoms with Gasteiger partial charge in [0.15, 0.2) is 5.11 Å². The number of pyridine rings is 1. The molecule has 1 saturated heterocycles. The highest BCUT2D eigenvalue weighted by atomic mass is 32.1. The first-order valence-corrected chi connectivity index (χ1v) is 12.4. The highest BCUT2D eigenvalue weighted by Crippen LogP contribution is 2.44. The van der Waals surface area contributed by atoms with E-state index in [0.29, 0.717) is 10.7 Å². The number of para-hydroxylation sites is 1. The predicted molar refractivity (Wildman–Crippen MR) is 148 cm³/mol. The molecule has 5 rings (SSSR count). The van der Waals surface area contributed by atoms with E-state index in [0.717, 1.165) is 39.8 Å². The van der Waals surface area contributed by atoms with E-state index in [9.17, 15) is 4.79 Å². The Bertz CT molecular complexity index is 1450. The van der Waals surface area contributed by atoms with E-state index in [1.165, 1.54) is 7.11 Å². The molecule has 1 fully saturated rings. The van der Waals surface area contributed by atoms with Gasteiger partial charge in [-0.3, -0.25) is 4.98 Å². The van der Waals surface area contributed by atoms with Crippen molar-refractivity contribution in [1.29, 1.82) is 0 Å². The van der Waals surface area contributed by atoms with Gasteiger partial charge in [-0.05, 0) is 86.2 Å². The molecule has 4 aromatic rings. The van der Waals surface area contributed by atoms with Crippen molar-refractivity contribution in [2.75, 3.05) is 19.1 Å². The van der Waals surface area contributed by atoms with E-state index in [1.807, 2.05) is 67.6 Å². The number of anilines is 1. The third-order valence-corrected chi connectivity index (χ3v) is 7.10. The minimum Gasteiger partial charge on any atom is -0.497 e. The summed E-state index contributed by atoms with van der Waals surface area (Å²) < 4.78 is 12.5. The van der Waals surface area contributed by atoms with Gasteiger partial charge >= 0.3 is 5.97 Å². The lowest BCUT2D eigenvalue weighted by molar-refractivity contribution is 0.0600. The molecule has 7 nitrogen and oxygen atoms in total. The smallest absolute Gasteiger partial charge is 0.339 e. The first kappa shape index (κ1) is 24.5. The van der Waals surface area contributed by atoms with Gasteiger partial charge in [-0.25, -0.2) is 4.79 Å². The van der Waals surface area contributed by atoms with Gasteiger partial charge in [0, 0.05) is 23.3 Å². The fraction of sp³-hybridized carbons (Fsp3) is 0.207. The van der Waals surface area contributed by atoms with E-state index in [4.69, 9.17) is 21.7 Å². The van der Waals surface area contributed by atoms with Crippen LogP contribution in [0.15, 0.2) is 79.0 Å². The van der Waals surface area contributed by atoms with E-state index < -0.39 is 0 Å². The molecule has 0 spiro atoms. The van der Waals surface area contributed by atoms with Crippen molar-refractivity contribution < 1.29 is 14.3 Å². The summed E-state index contributed by atoms with van der Waals surface area (Å²) in [6.45, 7) is 4.11. The van der Waals surface area contributed by atoms with Gasteiger partial charge < -0.3 is 24.3 Å². The van der Waals surface area contributed by atoms with Crippen LogP contribution in [0.5, 0.6) is 5.75 Å². The summed E-state index contributed by atoms with van der Waals surface area (Å²) in [4.78, 5) is 19.4. The van der Waals surface area contributed by atoms with Crippen LogP contribution in [0.3, 0.4) is 0 Å². The molecule has 1 aliphatic rings. The molecule has 0 amide bonds. The number of nitrogens with zero attached hydrogens (tertiary/aromatic N) is 3. The summed E-state index contributed by atoms with van der Waals surface area (Å²) in [5.41, 5.74) is 6.20. The first-order chi connectivity index (χ1) is 17.9. The average Bonchev–Trinajstić information content (AvgIpc) is 3.43. The molecule has 3 heterocycles. The molecular weight excluding hydrogens is 484 g/mol. The fourth-order valence-electron chi connectivity index (χ4n) is 5.10. The number of nitrogens with one attached hydrogen (secondary N) is 1. The van der Waals surface area contributed by atoms with E-state index in [1.54, 1.807) is 19.4 Å². The maximum atomic E-state index is 12.6. The zero-order valence-electron chi connectivity index (χ0n) is 21.1. The lowest BCUT2D eigenvalue weighted by Gasteiger charge is -2.28. The first-order valence-electron chi connectivity index (χ1n) is 12.0. The zero-order chi connectivity index (χ0) is 26.1. The Labute approximate surface area is 221 Å². The van der Waals surface area contributed by atoms with Crippen LogP contribution in [0.25, 0.3) is 5.69 Å². The number of methoxy groups -OCH3 is 2. The van der Waals surface area contributed by atoms with Crippen molar-refractivity contribution in [3.05, 3.63) is 107 Å². The van der Waals surface area contributed by atoms with Crippen molar-refractivity contribution in [2.24, 2.45) is 0 Å². The fourth-order valence-corrected chi connectivity index (χ4v) is 5.45. The Morgan fingerprint density at radius 1 is 1.00 bits per heavy atom. The van der Waals surface area contributed by atoms with Gasteiger partial charge in [-0.1, -0.05) is 18.2 Å². The lowest BCUT2D eigenvalue weighted by atomic mass is 9.96. The second kappa shape index (κ2) is 10.1.